The molecule has 0 saturated carbocycles. The van der Waals surface area contributed by atoms with E-state index < -0.39 is 0 Å². The Hall–Kier alpha value is -3.54. The van der Waals surface area contributed by atoms with Crippen LogP contribution in [-0.2, 0) is 6.54 Å². The minimum Gasteiger partial charge on any atom is -0.491 e. The van der Waals surface area contributed by atoms with Crippen LogP contribution in [0.1, 0.15) is 40.3 Å². The van der Waals surface area contributed by atoms with Crippen LogP contribution < -0.4 is 15.4 Å². The molecule has 0 aliphatic rings. The molecule has 3 aromatic rings. The first kappa shape index (κ1) is 19.2. The fraction of sp³-hybridized carbons (Fsp3) is 0.182. The maximum Gasteiger partial charge on any atom is 0.255 e. The average molecular weight is 378 g/mol. The molecule has 0 saturated heterocycles. The summed E-state index contributed by atoms with van der Waals surface area (Å²) in [6.45, 7) is 4.15. The van der Waals surface area contributed by atoms with Crippen molar-refractivity contribution >= 4 is 17.5 Å². The van der Waals surface area contributed by atoms with Gasteiger partial charge in [-0.1, -0.05) is 12.1 Å². The molecule has 1 heterocycles. The van der Waals surface area contributed by atoms with Gasteiger partial charge >= 0.3 is 0 Å². The first-order valence-electron chi connectivity index (χ1n) is 9.00. The van der Waals surface area contributed by atoms with Crippen LogP contribution in [0.3, 0.4) is 0 Å². The summed E-state index contributed by atoms with van der Waals surface area (Å²) in [4.78, 5) is 25.1. The fourth-order valence-electron chi connectivity index (χ4n) is 2.62. The zero-order chi connectivity index (χ0) is 19.9. The first-order valence-corrected chi connectivity index (χ1v) is 9.00. The van der Waals surface area contributed by atoms with Gasteiger partial charge in [0, 0.05) is 5.56 Å². The van der Waals surface area contributed by atoms with Crippen LogP contribution in [0.4, 0.5) is 5.69 Å². The summed E-state index contributed by atoms with van der Waals surface area (Å²) in [7, 11) is 0. The summed E-state index contributed by atoms with van der Waals surface area (Å²) in [5.41, 5.74) is 1.29. The molecule has 2 amide bonds. The Morgan fingerprint density at radius 3 is 2.39 bits per heavy atom. The first-order chi connectivity index (χ1) is 13.5. The fourth-order valence-corrected chi connectivity index (χ4v) is 2.62. The van der Waals surface area contributed by atoms with Crippen molar-refractivity contribution in [3.63, 3.8) is 0 Å². The molecule has 0 atom stereocenters. The molecule has 2 N–H and O–H groups in total. The topological polar surface area (TPSA) is 80.6 Å². The van der Waals surface area contributed by atoms with E-state index in [1.54, 1.807) is 66.9 Å². The van der Waals surface area contributed by atoms with Crippen LogP contribution in [0.15, 0.2) is 71.3 Å². The number of hydrogen-bond donors (Lipinski definition) is 2. The Morgan fingerprint density at radius 1 is 0.964 bits per heavy atom. The molecular weight excluding hydrogens is 356 g/mol. The molecule has 28 heavy (non-hydrogen) atoms. The predicted molar refractivity (Wildman–Crippen MR) is 106 cm³/mol. The third kappa shape index (κ3) is 5.01. The molecule has 0 spiro atoms. The number of ether oxygens (including phenoxy) is 1. The lowest BCUT2D eigenvalue weighted by Gasteiger charge is -2.12. The zero-order valence-electron chi connectivity index (χ0n) is 15.8. The number of benzene rings is 2. The van der Waals surface area contributed by atoms with Gasteiger partial charge in [-0.05, 0) is 62.4 Å². The van der Waals surface area contributed by atoms with Gasteiger partial charge in [-0.3, -0.25) is 9.59 Å². The standard InChI is InChI=1S/C22H22N2O4/c1-15(2)28-17-11-9-16(10-12-17)21(25)24-20-8-4-3-7-19(20)22(26)23-14-18-6-5-13-27-18/h3-13,15H,14H2,1-2H3,(H,23,26)(H,24,25). The van der Waals surface area contributed by atoms with E-state index in [1.807, 2.05) is 13.8 Å². The van der Waals surface area contributed by atoms with Crippen LogP contribution in [0.2, 0.25) is 0 Å². The Bertz CT molecular complexity index is 931. The number of hydrogen-bond acceptors (Lipinski definition) is 4. The minimum absolute atomic E-state index is 0.0613. The highest BCUT2D eigenvalue weighted by molar-refractivity contribution is 6.09. The molecular formula is C22H22N2O4. The summed E-state index contributed by atoms with van der Waals surface area (Å²) in [6, 6.07) is 17.3. The molecule has 3 rings (SSSR count). The van der Waals surface area contributed by atoms with Crippen molar-refractivity contribution in [3.05, 3.63) is 83.8 Å². The molecule has 0 fully saturated rings. The largest absolute Gasteiger partial charge is 0.491 e. The maximum absolute atomic E-state index is 12.6. The van der Waals surface area contributed by atoms with E-state index in [4.69, 9.17) is 9.15 Å². The maximum atomic E-state index is 12.6. The van der Waals surface area contributed by atoms with Gasteiger partial charge in [0.15, 0.2) is 0 Å². The summed E-state index contributed by atoms with van der Waals surface area (Å²) in [5.74, 6) is 0.748. The number of amides is 2. The highest BCUT2D eigenvalue weighted by Crippen LogP contribution is 2.18. The summed E-state index contributed by atoms with van der Waals surface area (Å²) < 4.78 is 10.8. The molecule has 0 radical (unpaired) electrons. The second-order valence-corrected chi connectivity index (χ2v) is 6.45. The van der Waals surface area contributed by atoms with Gasteiger partial charge in [-0.2, -0.15) is 0 Å². The second-order valence-electron chi connectivity index (χ2n) is 6.45. The van der Waals surface area contributed by atoms with Crippen molar-refractivity contribution in [1.29, 1.82) is 0 Å². The lowest BCUT2D eigenvalue weighted by atomic mass is 10.1. The van der Waals surface area contributed by atoms with E-state index >= 15 is 0 Å². The molecule has 0 aliphatic carbocycles. The van der Waals surface area contributed by atoms with E-state index in [0.29, 0.717) is 28.3 Å². The highest BCUT2D eigenvalue weighted by Gasteiger charge is 2.14. The van der Waals surface area contributed by atoms with E-state index in [2.05, 4.69) is 10.6 Å². The monoisotopic (exact) mass is 378 g/mol. The number of carbonyl (C=O) groups excluding carboxylic acids is 2. The lowest BCUT2D eigenvalue weighted by Crippen LogP contribution is -2.24. The third-order valence-electron chi connectivity index (χ3n) is 3.91. The number of para-hydroxylation sites is 1. The number of nitrogens with one attached hydrogen (secondary N) is 2. The van der Waals surface area contributed by atoms with Gasteiger partial charge in [0.1, 0.15) is 11.5 Å². The van der Waals surface area contributed by atoms with E-state index in [1.165, 1.54) is 0 Å². The second kappa shape index (κ2) is 8.90. The summed E-state index contributed by atoms with van der Waals surface area (Å²) in [6.07, 6.45) is 1.61. The van der Waals surface area contributed by atoms with Crippen molar-refractivity contribution in [2.75, 3.05) is 5.32 Å². The SMILES string of the molecule is CC(C)Oc1ccc(C(=O)Nc2ccccc2C(=O)NCc2ccco2)cc1. The molecule has 1 aromatic heterocycles. The van der Waals surface area contributed by atoms with Crippen LogP contribution in [0, 0.1) is 0 Å². The minimum atomic E-state index is -0.303. The van der Waals surface area contributed by atoms with Gasteiger partial charge in [-0.25, -0.2) is 0 Å². The molecule has 0 unspecified atom stereocenters. The van der Waals surface area contributed by atoms with Crippen LogP contribution in [0.25, 0.3) is 0 Å². The lowest BCUT2D eigenvalue weighted by molar-refractivity contribution is 0.0949. The van der Waals surface area contributed by atoms with Crippen molar-refractivity contribution in [3.8, 4) is 5.75 Å². The molecule has 6 nitrogen and oxygen atoms in total. The van der Waals surface area contributed by atoms with Gasteiger partial charge in [0.25, 0.3) is 11.8 Å². The zero-order valence-corrected chi connectivity index (χ0v) is 15.8. The number of anilines is 1. The van der Waals surface area contributed by atoms with Crippen LogP contribution in [0.5, 0.6) is 5.75 Å². The highest BCUT2D eigenvalue weighted by atomic mass is 16.5. The van der Waals surface area contributed by atoms with E-state index in [0.717, 1.165) is 0 Å². The van der Waals surface area contributed by atoms with Crippen LogP contribution >= 0.6 is 0 Å². The smallest absolute Gasteiger partial charge is 0.255 e. The summed E-state index contributed by atoms with van der Waals surface area (Å²) in [5, 5.41) is 5.58. The van der Waals surface area contributed by atoms with Crippen molar-refractivity contribution in [2.45, 2.75) is 26.5 Å². The van der Waals surface area contributed by atoms with Gasteiger partial charge in [-0.15, -0.1) is 0 Å². The Kier molecular flexibility index (Phi) is 6.11. The number of rotatable bonds is 7. The van der Waals surface area contributed by atoms with Crippen molar-refractivity contribution in [2.24, 2.45) is 0 Å². The molecule has 0 bridgehead atoms. The third-order valence-corrected chi connectivity index (χ3v) is 3.91. The van der Waals surface area contributed by atoms with Gasteiger partial charge < -0.3 is 19.8 Å². The number of furan rings is 1. The molecule has 0 aliphatic heterocycles. The Labute approximate surface area is 163 Å². The average Bonchev–Trinajstić information content (AvgIpc) is 3.20. The Morgan fingerprint density at radius 2 is 1.71 bits per heavy atom. The number of carbonyl (C=O) groups is 2. The molecule has 144 valence electrons. The van der Waals surface area contributed by atoms with Gasteiger partial charge in [0.2, 0.25) is 0 Å². The van der Waals surface area contributed by atoms with E-state index in [-0.39, 0.29) is 24.5 Å². The van der Waals surface area contributed by atoms with E-state index in [9.17, 15) is 9.59 Å². The normalized spacial score (nSPS) is 10.5. The van der Waals surface area contributed by atoms with Crippen molar-refractivity contribution in [1.82, 2.24) is 5.32 Å². The van der Waals surface area contributed by atoms with Gasteiger partial charge in [0.05, 0.1) is 30.2 Å². The summed E-state index contributed by atoms with van der Waals surface area (Å²) >= 11 is 0. The predicted octanol–water partition coefficient (Wildman–Crippen LogP) is 4.25. The van der Waals surface area contributed by atoms with Crippen molar-refractivity contribution < 1.29 is 18.7 Å². The quantitative estimate of drug-likeness (QED) is 0.644. The molecule has 6 heteroatoms. The Balaban J connectivity index is 1.68. The molecule has 2 aromatic carbocycles. The van der Waals surface area contributed by atoms with Crippen LogP contribution in [-0.4, -0.2) is 17.9 Å².